The maximum absolute atomic E-state index is 13.5. The van der Waals surface area contributed by atoms with Crippen molar-refractivity contribution in [3.63, 3.8) is 0 Å². The molecule has 1 unspecified atom stereocenters. The van der Waals surface area contributed by atoms with Crippen LogP contribution >= 0.6 is 11.6 Å². The van der Waals surface area contributed by atoms with Crippen LogP contribution < -0.4 is 5.32 Å². The van der Waals surface area contributed by atoms with Gasteiger partial charge in [-0.05, 0) is 54.3 Å². The van der Waals surface area contributed by atoms with Crippen molar-refractivity contribution in [1.82, 2.24) is 9.80 Å². The van der Waals surface area contributed by atoms with E-state index in [-0.39, 0.29) is 18.5 Å². The maximum Gasteiger partial charge on any atom is 0.322 e. The molecule has 1 saturated heterocycles. The Hall–Kier alpha value is -2.60. The first kappa shape index (κ1) is 17.8. The molecule has 0 radical (unpaired) electrons. The van der Waals surface area contributed by atoms with Crippen LogP contribution in [0.15, 0.2) is 36.4 Å². The molecule has 3 amide bonds. The molecule has 27 heavy (non-hydrogen) atoms. The van der Waals surface area contributed by atoms with Crippen molar-refractivity contribution in [3.8, 4) is 0 Å². The lowest BCUT2D eigenvalue weighted by molar-refractivity contribution is -0.139. The standard InChI is InChI=1S/C20H19ClFN3O2/c1-12-2-5-15(22)9-17(12)23-20(27)24-10-18-16-8-14(21)4-3-13(16)6-7-25(18)19(26)11-24/h2-5,8-9,18H,6-7,10-11H2,1H3,(H,23,27). The van der Waals surface area contributed by atoms with Gasteiger partial charge >= 0.3 is 6.03 Å². The highest BCUT2D eigenvalue weighted by molar-refractivity contribution is 6.30. The first-order chi connectivity index (χ1) is 12.9. The number of amides is 3. The van der Waals surface area contributed by atoms with E-state index < -0.39 is 11.8 Å². The van der Waals surface area contributed by atoms with Crippen LogP contribution in [0.5, 0.6) is 0 Å². The van der Waals surface area contributed by atoms with Crippen molar-refractivity contribution < 1.29 is 14.0 Å². The Morgan fingerprint density at radius 3 is 2.89 bits per heavy atom. The van der Waals surface area contributed by atoms with E-state index in [1.807, 2.05) is 23.1 Å². The molecule has 2 heterocycles. The predicted molar refractivity (Wildman–Crippen MR) is 101 cm³/mol. The molecule has 4 rings (SSSR count). The van der Waals surface area contributed by atoms with Crippen LogP contribution in [-0.2, 0) is 11.2 Å². The summed E-state index contributed by atoms with van der Waals surface area (Å²) in [5.74, 6) is -0.518. The number of halogens is 2. The fourth-order valence-electron chi connectivity index (χ4n) is 3.77. The van der Waals surface area contributed by atoms with Crippen LogP contribution in [0.2, 0.25) is 5.02 Å². The zero-order valence-electron chi connectivity index (χ0n) is 14.8. The molecule has 0 spiro atoms. The third kappa shape index (κ3) is 3.37. The molecule has 140 valence electrons. The molecule has 0 aromatic heterocycles. The fraction of sp³-hybridized carbons (Fsp3) is 0.300. The number of hydrogen-bond acceptors (Lipinski definition) is 2. The van der Waals surface area contributed by atoms with E-state index in [0.717, 1.165) is 23.1 Å². The number of piperazine rings is 1. The van der Waals surface area contributed by atoms with Gasteiger partial charge in [-0.1, -0.05) is 23.7 Å². The lowest BCUT2D eigenvalue weighted by atomic mass is 9.91. The van der Waals surface area contributed by atoms with E-state index in [1.54, 1.807) is 13.0 Å². The molecule has 2 aliphatic heterocycles. The minimum atomic E-state index is -0.423. The summed E-state index contributed by atoms with van der Waals surface area (Å²) in [6.07, 6.45) is 0.781. The summed E-state index contributed by atoms with van der Waals surface area (Å²) in [5.41, 5.74) is 3.30. The van der Waals surface area contributed by atoms with Crippen LogP contribution in [-0.4, -0.2) is 41.4 Å². The quantitative estimate of drug-likeness (QED) is 0.810. The SMILES string of the molecule is Cc1ccc(F)cc1NC(=O)N1CC(=O)N2CCc3ccc(Cl)cc3C2C1. The van der Waals surface area contributed by atoms with Gasteiger partial charge in [0.25, 0.3) is 0 Å². The number of benzene rings is 2. The average Bonchev–Trinajstić information content (AvgIpc) is 2.64. The number of carbonyl (C=O) groups is 2. The summed E-state index contributed by atoms with van der Waals surface area (Å²) >= 11 is 6.15. The molecule has 5 nitrogen and oxygen atoms in total. The lowest BCUT2D eigenvalue weighted by Crippen LogP contribution is -2.56. The van der Waals surface area contributed by atoms with Crippen molar-refractivity contribution in [2.75, 3.05) is 25.0 Å². The van der Waals surface area contributed by atoms with Crippen molar-refractivity contribution >= 4 is 29.2 Å². The summed E-state index contributed by atoms with van der Waals surface area (Å²) in [6, 6.07) is 9.30. The topological polar surface area (TPSA) is 52.7 Å². The highest BCUT2D eigenvalue weighted by atomic mass is 35.5. The van der Waals surface area contributed by atoms with Gasteiger partial charge in [-0.3, -0.25) is 4.79 Å². The molecule has 2 aliphatic rings. The number of hydrogen-bond donors (Lipinski definition) is 1. The first-order valence-electron chi connectivity index (χ1n) is 8.82. The highest BCUT2D eigenvalue weighted by Crippen LogP contribution is 2.34. The number of anilines is 1. The summed E-state index contributed by atoms with van der Waals surface area (Å²) in [4.78, 5) is 28.6. The Kier molecular flexibility index (Phi) is 4.52. The number of nitrogens with one attached hydrogen (secondary N) is 1. The molecular formula is C20H19ClFN3O2. The third-order valence-electron chi connectivity index (χ3n) is 5.23. The minimum absolute atomic E-state index is 0.00654. The van der Waals surface area contributed by atoms with Crippen molar-refractivity contribution in [2.45, 2.75) is 19.4 Å². The van der Waals surface area contributed by atoms with E-state index in [2.05, 4.69) is 5.32 Å². The average molecular weight is 388 g/mol. The van der Waals surface area contributed by atoms with E-state index >= 15 is 0 Å². The van der Waals surface area contributed by atoms with Gasteiger partial charge in [0.15, 0.2) is 0 Å². The van der Waals surface area contributed by atoms with Crippen molar-refractivity contribution in [1.29, 1.82) is 0 Å². The van der Waals surface area contributed by atoms with Gasteiger partial charge < -0.3 is 15.1 Å². The fourth-order valence-corrected chi connectivity index (χ4v) is 3.95. The van der Waals surface area contributed by atoms with E-state index in [0.29, 0.717) is 23.8 Å². The van der Waals surface area contributed by atoms with Gasteiger partial charge in [0.05, 0.1) is 6.04 Å². The minimum Gasteiger partial charge on any atom is -0.332 e. The Balaban J connectivity index is 1.58. The van der Waals surface area contributed by atoms with Crippen molar-refractivity contribution in [3.05, 3.63) is 63.9 Å². The lowest BCUT2D eigenvalue weighted by Gasteiger charge is -2.44. The van der Waals surface area contributed by atoms with Gasteiger partial charge in [0, 0.05) is 23.8 Å². The molecule has 0 bridgehead atoms. The largest absolute Gasteiger partial charge is 0.332 e. The Morgan fingerprint density at radius 2 is 2.07 bits per heavy atom. The molecule has 2 aromatic carbocycles. The molecule has 1 fully saturated rings. The van der Waals surface area contributed by atoms with E-state index in [1.165, 1.54) is 17.0 Å². The number of fused-ring (bicyclic) bond motifs is 3. The highest BCUT2D eigenvalue weighted by Gasteiger charge is 2.38. The second kappa shape index (κ2) is 6.85. The molecule has 1 atom stereocenters. The summed E-state index contributed by atoms with van der Waals surface area (Å²) in [5, 5.41) is 3.33. The summed E-state index contributed by atoms with van der Waals surface area (Å²) in [7, 11) is 0. The van der Waals surface area contributed by atoms with Gasteiger partial charge in [-0.2, -0.15) is 0 Å². The second-order valence-corrected chi connectivity index (χ2v) is 7.40. The first-order valence-corrected chi connectivity index (χ1v) is 9.20. The number of aryl methyl sites for hydroxylation is 1. The Bertz CT molecular complexity index is 933. The van der Waals surface area contributed by atoms with E-state index in [9.17, 15) is 14.0 Å². The smallest absolute Gasteiger partial charge is 0.322 e. The van der Waals surface area contributed by atoms with Gasteiger partial charge in [-0.25, -0.2) is 9.18 Å². The molecule has 0 aliphatic carbocycles. The zero-order valence-corrected chi connectivity index (χ0v) is 15.6. The monoisotopic (exact) mass is 387 g/mol. The number of urea groups is 1. The van der Waals surface area contributed by atoms with Crippen LogP contribution in [0.25, 0.3) is 0 Å². The summed E-state index contributed by atoms with van der Waals surface area (Å²) < 4.78 is 13.5. The molecule has 2 aromatic rings. The Morgan fingerprint density at radius 1 is 1.26 bits per heavy atom. The Labute approximate surface area is 161 Å². The van der Waals surface area contributed by atoms with Crippen molar-refractivity contribution in [2.24, 2.45) is 0 Å². The van der Waals surface area contributed by atoms with Crippen LogP contribution in [0.3, 0.4) is 0 Å². The third-order valence-corrected chi connectivity index (χ3v) is 5.47. The van der Waals surface area contributed by atoms with Crippen LogP contribution in [0.1, 0.15) is 22.7 Å². The molecule has 7 heteroatoms. The summed E-state index contributed by atoms with van der Waals surface area (Å²) in [6.45, 7) is 2.81. The number of nitrogens with zero attached hydrogens (tertiary/aromatic N) is 2. The maximum atomic E-state index is 13.5. The van der Waals surface area contributed by atoms with Crippen LogP contribution in [0.4, 0.5) is 14.9 Å². The molecule has 0 saturated carbocycles. The zero-order chi connectivity index (χ0) is 19.1. The van der Waals surface area contributed by atoms with Gasteiger partial charge in [-0.15, -0.1) is 0 Å². The van der Waals surface area contributed by atoms with Gasteiger partial charge in [0.1, 0.15) is 12.4 Å². The number of rotatable bonds is 1. The normalized spacial score (nSPS) is 18.8. The van der Waals surface area contributed by atoms with Gasteiger partial charge in [0.2, 0.25) is 5.91 Å². The number of carbonyl (C=O) groups excluding carboxylic acids is 2. The van der Waals surface area contributed by atoms with E-state index in [4.69, 9.17) is 11.6 Å². The van der Waals surface area contributed by atoms with Crippen LogP contribution in [0, 0.1) is 12.7 Å². The second-order valence-electron chi connectivity index (χ2n) is 6.97. The predicted octanol–water partition coefficient (Wildman–Crippen LogP) is 3.76. The molecule has 1 N–H and O–H groups in total. The molecular weight excluding hydrogens is 369 g/mol.